The standard InChI is InChI=1S/C18H18N4O2/c1-24-16-6-4-14(5-7-16)18-15(12-21-22-18)11-20-17(23)9-13-3-2-8-19-10-13/h2-8,10,12H,9,11H2,1H3,(H,20,23)(H,21,22). The Balaban J connectivity index is 1.64. The number of amides is 1. The number of aromatic nitrogens is 3. The molecule has 6 heteroatoms. The normalized spacial score (nSPS) is 10.4. The molecule has 0 fully saturated rings. The van der Waals surface area contributed by atoms with E-state index in [9.17, 15) is 4.79 Å². The quantitative estimate of drug-likeness (QED) is 0.730. The summed E-state index contributed by atoms with van der Waals surface area (Å²) in [6, 6.07) is 11.4. The zero-order chi connectivity index (χ0) is 16.8. The van der Waals surface area contributed by atoms with Crippen molar-refractivity contribution in [3.8, 4) is 17.0 Å². The SMILES string of the molecule is COc1ccc(-c2[nH]ncc2CNC(=O)Cc2cccnc2)cc1. The minimum Gasteiger partial charge on any atom is -0.497 e. The van der Waals surface area contributed by atoms with Gasteiger partial charge < -0.3 is 10.1 Å². The Morgan fingerprint density at radius 2 is 2.04 bits per heavy atom. The summed E-state index contributed by atoms with van der Waals surface area (Å²) in [5.74, 6) is 0.745. The van der Waals surface area contributed by atoms with Crippen molar-refractivity contribution in [2.24, 2.45) is 0 Å². The monoisotopic (exact) mass is 322 g/mol. The zero-order valence-electron chi connectivity index (χ0n) is 13.3. The molecular weight excluding hydrogens is 304 g/mol. The van der Waals surface area contributed by atoms with Crippen molar-refractivity contribution in [3.63, 3.8) is 0 Å². The third-order valence-corrected chi connectivity index (χ3v) is 3.66. The number of carbonyl (C=O) groups is 1. The van der Waals surface area contributed by atoms with Gasteiger partial charge in [0.15, 0.2) is 0 Å². The van der Waals surface area contributed by atoms with Gasteiger partial charge in [0.1, 0.15) is 5.75 Å². The maximum atomic E-state index is 12.1. The Labute approximate surface area is 139 Å². The second kappa shape index (κ2) is 7.41. The molecule has 2 N–H and O–H groups in total. The Morgan fingerprint density at radius 3 is 2.75 bits per heavy atom. The van der Waals surface area contributed by atoms with Crippen LogP contribution in [-0.4, -0.2) is 28.2 Å². The van der Waals surface area contributed by atoms with E-state index < -0.39 is 0 Å². The number of nitrogens with one attached hydrogen (secondary N) is 2. The molecule has 1 aromatic carbocycles. The number of H-pyrrole nitrogens is 1. The fourth-order valence-corrected chi connectivity index (χ4v) is 2.40. The predicted octanol–water partition coefficient (Wildman–Crippen LogP) is 2.34. The molecule has 24 heavy (non-hydrogen) atoms. The Hall–Kier alpha value is -3.15. The molecule has 0 aliphatic rings. The summed E-state index contributed by atoms with van der Waals surface area (Å²) in [4.78, 5) is 16.1. The van der Waals surface area contributed by atoms with E-state index in [1.165, 1.54) is 0 Å². The van der Waals surface area contributed by atoms with Crippen molar-refractivity contribution in [2.45, 2.75) is 13.0 Å². The van der Waals surface area contributed by atoms with Gasteiger partial charge in [-0.25, -0.2) is 0 Å². The highest BCUT2D eigenvalue weighted by Crippen LogP contribution is 2.23. The molecule has 2 heterocycles. The average Bonchev–Trinajstić information content (AvgIpc) is 3.09. The fraction of sp³-hybridized carbons (Fsp3) is 0.167. The molecule has 0 unspecified atom stereocenters. The molecule has 2 aromatic heterocycles. The van der Waals surface area contributed by atoms with E-state index >= 15 is 0 Å². The van der Waals surface area contributed by atoms with Gasteiger partial charge in [0.25, 0.3) is 0 Å². The number of nitrogens with zero attached hydrogens (tertiary/aromatic N) is 2. The lowest BCUT2D eigenvalue weighted by atomic mass is 10.1. The van der Waals surface area contributed by atoms with E-state index in [1.807, 2.05) is 36.4 Å². The van der Waals surface area contributed by atoms with Crippen LogP contribution in [0.1, 0.15) is 11.1 Å². The minimum absolute atomic E-state index is 0.0510. The molecule has 0 bridgehead atoms. The van der Waals surface area contributed by atoms with Crippen LogP contribution < -0.4 is 10.1 Å². The molecule has 122 valence electrons. The second-order valence-electron chi connectivity index (χ2n) is 5.31. The third-order valence-electron chi connectivity index (χ3n) is 3.66. The van der Waals surface area contributed by atoms with E-state index in [2.05, 4.69) is 20.5 Å². The van der Waals surface area contributed by atoms with Crippen LogP contribution in [0.15, 0.2) is 55.0 Å². The van der Waals surface area contributed by atoms with E-state index in [-0.39, 0.29) is 5.91 Å². The summed E-state index contributed by atoms with van der Waals surface area (Å²) in [6.07, 6.45) is 5.42. The number of hydrogen-bond acceptors (Lipinski definition) is 4. The number of aromatic amines is 1. The van der Waals surface area contributed by atoms with Gasteiger partial charge in [0.05, 0.1) is 25.4 Å². The minimum atomic E-state index is -0.0510. The Kier molecular flexibility index (Phi) is 4.86. The van der Waals surface area contributed by atoms with Crippen molar-refractivity contribution >= 4 is 5.91 Å². The topological polar surface area (TPSA) is 79.9 Å². The molecule has 0 saturated heterocycles. The van der Waals surface area contributed by atoms with Crippen molar-refractivity contribution < 1.29 is 9.53 Å². The summed E-state index contributed by atoms with van der Waals surface area (Å²) in [5, 5.41) is 9.98. The van der Waals surface area contributed by atoms with Gasteiger partial charge in [0.2, 0.25) is 5.91 Å². The van der Waals surface area contributed by atoms with E-state index in [4.69, 9.17) is 4.74 Å². The van der Waals surface area contributed by atoms with Gasteiger partial charge in [-0.3, -0.25) is 14.9 Å². The number of pyridine rings is 1. The van der Waals surface area contributed by atoms with Crippen LogP contribution in [0.2, 0.25) is 0 Å². The smallest absolute Gasteiger partial charge is 0.224 e. The Morgan fingerprint density at radius 1 is 1.21 bits per heavy atom. The zero-order valence-corrected chi connectivity index (χ0v) is 13.3. The van der Waals surface area contributed by atoms with Crippen molar-refractivity contribution in [1.82, 2.24) is 20.5 Å². The van der Waals surface area contributed by atoms with Crippen LogP contribution in [0, 0.1) is 0 Å². The summed E-state index contributed by atoms with van der Waals surface area (Å²) < 4.78 is 5.16. The van der Waals surface area contributed by atoms with Gasteiger partial charge >= 0.3 is 0 Å². The molecular formula is C18H18N4O2. The molecule has 0 aliphatic heterocycles. The lowest BCUT2D eigenvalue weighted by Gasteiger charge is -2.07. The van der Waals surface area contributed by atoms with Crippen LogP contribution in [0.4, 0.5) is 0 Å². The van der Waals surface area contributed by atoms with Gasteiger partial charge in [-0.05, 0) is 35.9 Å². The fourth-order valence-electron chi connectivity index (χ4n) is 2.40. The summed E-state index contributed by atoms with van der Waals surface area (Å²) >= 11 is 0. The summed E-state index contributed by atoms with van der Waals surface area (Å²) in [5.41, 5.74) is 3.70. The van der Waals surface area contributed by atoms with E-state index in [0.717, 1.165) is 28.1 Å². The lowest BCUT2D eigenvalue weighted by Crippen LogP contribution is -2.24. The van der Waals surface area contributed by atoms with E-state index in [1.54, 1.807) is 25.7 Å². The highest BCUT2D eigenvalue weighted by molar-refractivity contribution is 5.78. The molecule has 0 spiro atoms. The number of methoxy groups -OCH3 is 1. The van der Waals surface area contributed by atoms with Crippen LogP contribution in [-0.2, 0) is 17.8 Å². The van der Waals surface area contributed by atoms with E-state index in [0.29, 0.717) is 13.0 Å². The van der Waals surface area contributed by atoms with Crippen molar-refractivity contribution in [3.05, 3.63) is 66.1 Å². The molecule has 6 nitrogen and oxygen atoms in total. The van der Waals surface area contributed by atoms with Gasteiger partial charge in [0, 0.05) is 30.1 Å². The summed E-state index contributed by atoms with van der Waals surface area (Å²) in [6.45, 7) is 0.414. The van der Waals surface area contributed by atoms with Crippen LogP contribution in [0.5, 0.6) is 5.75 Å². The first-order valence-electron chi connectivity index (χ1n) is 7.58. The average molecular weight is 322 g/mol. The van der Waals surface area contributed by atoms with Gasteiger partial charge in [-0.1, -0.05) is 6.07 Å². The molecule has 0 aliphatic carbocycles. The van der Waals surface area contributed by atoms with Crippen molar-refractivity contribution in [1.29, 1.82) is 0 Å². The maximum Gasteiger partial charge on any atom is 0.224 e. The molecule has 3 rings (SSSR count). The second-order valence-corrected chi connectivity index (χ2v) is 5.31. The molecule has 3 aromatic rings. The number of benzene rings is 1. The third kappa shape index (κ3) is 3.78. The van der Waals surface area contributed by atoms with Crippen LogP contribution in [0.25, 0.3) is 11.3 Å². The number of carbonyl (C=O) groups excluding carboxylic acids is 1. The first-order valence-corrected chi connectivity index (χ1v) is 7.58. The largest absolute Gasteiger partial charge is 0.497 e. The van der Waals surface area contributed by atoms with Gasteiger partial charge in [-0.15, -0.1) is 0 Å². The maximum absolute atomic E-state index is 12.1. The van der Waals surface area contributed by atoms with Gasteiger partial charge in [-0.2, -0.15) is 5.10 Å². The Bertz CT molecular complexity index is 797. The lowest BCUT2D eigenvalue weighted by molar-refractivity contribution is -0.120. The molecule has 1 amide bonds. The number of rotatable bonds is 6. The first kappa shape index (κ1) is 15.7. The number of ether oxygens (including phenoxy) is 1. The molecule has 0 atom stereocenters. The van der Waals surface area contributed by atoms with Crippen molar-refractivity contribution in [2.75, 3.05) is 7.11 Å². The van der Waals surface area contributed by atoms with Crippen LogP contribution in [0.3, 0.4) is 0 Å². The summed E-state index contributed by atoms with van der Waals surface area (Å²) in [7, 11) is 1.63. The molecule has 0 radical (unpaired) electrons. The number of hydrogen-bond donors (Lipinski definition) is 2. The predicted molar refractivity (Wildman–Crippen MR) is 90.4 cm³/mol. The highest BCUT2D eigenvalue weighted by Gasteiger charge is 2.10. The first-order chi connectivity index (χ1) is 11.8. The highest BCUT2D eigenvalue weighted by atomic mass is 16.5. The molecule has 0 saturated carbocycles. The van der Waals surface area contributed by atoms with Crippen LogP contribution >= 0.6 is 0 Å².